The van der Waals surface area contributed by atoms with Crippen LogP contribution in [0.25, 0.3) is 4.96 Å². The number of imidazole rings is 1. The molecule has 150 valence electrons. The SMILES string of the molecule is CCNC(=NCc1cn2ccsc2n1)N(C)CCc1ccc(OC)c(OC)c1. The fourth-order valence-corrected chi connectivity index (χ4v) is 3.64. The van der Waals surface area contributed by atoms with Crippen molar-refractivity contribution in [1.82, 2.24) is 19.6 Å². The van der Waals surface area contributed by atoms with Crippen LogP contribution in [-0.4, -0.2) is 54.6 Å². The summed E-state index contributed by atoms with van der Waals surface area (Å²) >= 11 is 1.63. The Morgan fingerprint density at radius 3 is 2.82 bits per heavy atom. The van der Waals surface area contributed by atoms with Crippen LogP contribution in [0.1, 0.15) is 18.2 Å². The van der Waals surface area contributed by atoms with Crippen LogP contribution in [0.4, 0.5) is 0 Å². The highest BCUT2D eigenvalue weighted by Gasteiger charge is 2.09. The molecule has 1 N–H and O–H groups in total. The summed E-state index contributed by atoms with van der Waals surface area (Å²) in [5.74, 6) is 2.37. The summed E-state index contributed by atoms with van der Waals surface area (Å²) in [7, 11) is 5.35. The molecule has 3 aromatic rings. The molecule has 0 spiro atoms. The van der Waals surface area contributed by atoms with E-state index in [0.29, 0.717) is 6.54 Å². The third-order valence-electron chi connectivity index (χ3n) is 4.41. The first kappa shape index (κ1) is 20.0. The molecule has 0 radical (unpaired) electrons. The third-order valence-corrected chi connectivity index (χ3v) is 5.18. The second-order valence-electron chi connectivity index (χ2n) is 6.36. The monoisotopic (exact) mass is 401 g/mol. The molecule has 0 saturated carbocycles. The van der Waals surface area contributed by atoms with Crippen molar-refractivity contribution in [1.29, 1.82) is 0 Å². The summed E-state index contributed by atoms with van der Waals surface area (Å²) in [6.07, 6.45) is 4.92. The van der Waals surface area contributed by atoms with Gasteiger partial charge in [0, 0.05) is 37.9 Å². The predicted octanol–water partition coefficient (Wildman–Crippen LogP) is 3.05. The zero-order valence-corrected chi connectivity index (χ0v) is 17.6. The zero-order valence-electron chi connectivity index (χ0n) is 16.8. The van der Waals surface area contributed by atoms with E-state index in [9.17, 15) is 0 Å². The molecule has 7 nitrogen and oxygen atoms in total. The Morgan fingerprint density at radius 2 is 2.11 bits per heavy atom. The number of benzene rings is 1. The van der Waals surface area contributed by atoms with E-state index < -0.39 is 0 Å². The van der Waals surface area contributed by atoms with E-state index in [1.54, 1.807) is 25.6 Å². The predicted molar refractivity (Wildman–Crippen MR) is 114 cm³/mol. The van der Waals surface area contributed by atoms with Crippen molar-refractivity contribution in [3.8, 4) is 11.5 Å². The lowest BCUT2D eigenvalue weighted by molar-refractivity contribution is 0.354. The fraction of sp³-hybridized carbons (Fsp3) is 0.400. The highest BCUT2D eigenvalue weighted by atomic mass is 32.1. The summed E-state index contributed by atoms with van der Waals surface area (Å²) in [6, 6.07) is 6.03. The lowest BCUT2D eigenvalue weighted by atomic mass is 10.1. The molecule has 0 aliphatic heterocycles. The normalized spacial score (nSPS) is 11.6. The number of aliphatic imine (C=N–C) groups is 1. The van der Waals surface area contributed by atoms with Crippen molar-refractivity contribution in [3.63, 3.8) is 0 Å². The standard InChI is InChI=1S/C20H27N5O2S/c1-5-21-19(22-13-16-14-25-10-11-28-20(25)23-16)24(2)9-8-15-6-7-17(26-3)18(12-15)27-4/h6-7,10-12,14H,5,8-9,13H2,1-4H3,(H,21,22). The molecule has 0 fully saturated rings. The lowest BCUT2D eigenvalue weighted by Crippen LogP contribution is -2.40. The Balaban J connectivity index is 1.63. The van der Waals surface area contributed by atoms with Gasteiger partial charge in [-0.25, -0.2) is 9.98 Å². The van der Waals surface area contributed by atoms with Crippen LogP contribution in [0.5, 0.6) is 11.5 Å². The van der Waals surface area contributed by atoms with Crippen LogP contribution in [-0.2, 0) is 13.0 Å². The van der Waals surface area contributed by atoms with Crippen molar-refractivity contribution in [2.75, 3.05) is 34.4 Å². The molecule has 1 aromatic carbocycles. The molecule has 0 bridgehead atoms. The van der Waals surface area contributed by atoms with Crippen molar-refractivity contribution in [2.45, 2.75) is 19.9 Å². The lowest BCUT2D eigenvalue weighted by Gasteiger charge is -2.22. The molecule has 2 heterocycles. The first-order valence-electron chi connectivity index (χ1n) is 9.26. The van der Waals surface area contributed by atoms with Gasteiger partial charge in [-0.05, 0) is 31.0 Å². The van der Waals surface area contributed by atoms with Crippen LogP contribution >= 0.6 is 11.3 Å². The van der Waals surface area contributed by atoms with Crippen molar-refractivity contribution in [2.24, 2.45) is 4.99 Å². The Kier molecular flexibility index (Phi) is 6.76. The van der Waals surface area contributed by atoms with Gasteiger partial charge in [-0.3, -0.25) is 4.40 Å². The van der Waals surface area contributed by atoms with Crippen LogP contribution in [0.15, 0.2) is 41.0 Å². The molecule has 28 heavy (non-hydrogen) atoms. The van der Waals surface area contributed by atoms with Crippen molar-refractivity contribution >= 4 is 22.3 Å². The minimum atomic E-state index is 0.553. The maximum Gasteiger partial charge on any atom is 0.194 e. The highest BCUT2D eigenvalue weighted by Crippen LogP contribution is 2.27. The average Bonchev–Trinajstić information content (AvgIpc) is 3.30. The number of nitrogens with one attached hydrogen (secondary N) is 1. The number of ether oxygens (including phenoxy) is 2. The number of aromatic nitrogens is 2. The van der Waals surface area contributed by atoms with Gasteiger partial charge in [0.2, 0.25) is 0 Å². The summed E-state index contributed by atoms with van der Waals surface area (Å²) in [5, 5.41) is 5.39. The van der Waals surface area contributed by atoms with Crippen LogP contribution in [0.3, 0.4) is 0 Å². The molecular weight excluding hydrogens is 374 g/mol. The van der Waals surface area contributed by atoms with Gasteiger partial charge in [0.25, 0.3) is 0 Å². The van der Waals surface area contributed by atoms with E-state index in [2.05, 4.69) is 28.2 Å². The van der Waals surface area contributed by atoms with Crippen molar-refractivity contribution < 1.29 is 9.47 Å². The molecule has 3 rings (SSSR count). The number of likely N-dealkylation sites (N-methyl/N-ethyl adjacent to an activating group) is 1. The zero-order chi connectivity index (χ0) is 19.9. The summed E-state index contributed by atoms with van der Waals surface area (Å²) < 4.78 is 12.7. The van der Waals surface area contributed by atoms with Gasteiger partial charge in [0.1, 0.15) is 0 Å². The number of nitrogens with zero attached hydrogens (tertiary/aromatic N) is 4. The largest absolute Gasteiger partial charge is 0.493 e. The number of hydrogen-bond donors (Lipinski definition) is 1. The van der Waals surface area contributed by atoms with Crippen molar-refractivity contribution in [3.05, 3.63) is 47.2 Å². The number of fused-ring (bicyclic) bond motifs is 1. The molecule has 0 amide bonds. The number of hydrogen-bond acceptors (Lipinski definition) is 5. The van der Waals surface area contributed by atoms with E-state index in [-0.39, 0.29) is 0 Å². The third kappa shape index (κ3) is 4.75. The van der Waals surface area contributed by atoms with E-state index >= 15 is 0 Å². The molecule has 0 atom stereocenters. The number of thiazole rings is 1. The molecule has 2 aromatic heterocycles. The smallest absolute Gasteiger partial charge is 0.194 e. The average molecular weight is 402 g/mol. The maximum absolute atomic E-state index is 5.39. The van der Waals surface area contributed by atoms with Crippen LogP contribution in [0.2, 0.25) is 0 Å². The van der Waals surface area contributed by atoms with E-state index in [4.69, 9.17) is 14.5 Å². The summed E-state index contributed by atoms with van der Waals surface area (Å²) in [6.45, 7) is 4.28. The minimum absolute atomic E-state index is 0.553. The Hall–Kier alpha value is -2.74. The van der Waals surface area contributed by atoms with Gasteiger partial charge in [0.15, 0.2) is 22.4 Å². The fourth-order valence-electron chi connectivity index (χ4n) is 2.92. The van der Waals surface area contributed by atoms with Gasteiger partial charge < -0.3 is 19.7 Å². The Labute approximate surface area is 169 Å². The number of rotatable bonds is 8. The molecule has 0 aliphatic carbocycles. The van der Waals surface area contributed by atoms with E-state index in [0.717, 1.165) is 47.6 Å². The topological polar surface area (TPSA) is 63.4 Å². The maximum atomic E-state index is 5.39. The van der Waals surface area contributed by atoms with Gasteiger partial charge in [-0.15, -0.1) is 11.3 Å². The number of methoxy groups -OCH3 is 2. The first-order valence-corrected chi connectivity index (χ1v) is 10.1. The van der Waals surface area contributed by atoms with Crippen LogP contribution < -0.4 is 14.8 Å². The Bertz CT molecular complexity index is 905. The molecule has 0 saturated heterocycles. The van der Waals surface area contributed by atoms with Gasteiger partial charge >= 0.3 is 0 Å². The molecule has 0 aliphatic rings. The molecular formula is C20H27N5O2S. The van der Waals surface area contributed by atoms with Gasteiger partial charge in [-0.1, -0.05) is 6.07 Å². The first-order chi connectivity index (χ1) is 13.6. The molecule has 8 heteroatoms. The quantitative estimate of drug-likeness (QED) is 0.464. The van der Waals surface area contributed by atoms with E-state index in [1.807, 2.05) is 41.4 Å². The van der Waals surface area contributed by atoms with E-state index in [1.165, 1.54) is 5.56 Å². The second-order valence-corrected chi connectivity index (χ2v) is 7.23. The number of guanidine groups is 1. The highest BCUT2D eigenvalue weighted by molar-refractivity contribution is 7.15. The minimum Gasteiger partial charge on any atom is -0.493 e. The van der Waals surface area contributed by atoms with Crippen LogP contribution in [0, 0.1) is 0 Å². The molecule has 0 unspecified atom stereocenters. The van der Waals surface area contributed by atoms with Gasteiger partial charge in [-0.2, -0.15) is 0 Å². The summed E-state index contributed by atoms with van der Waals surface area (Å²) in [4.78, 5) is 12.5. The summed E-state index contributed by atoms with van der Waals surface area (Å²) in [5.41, 5.74) is 2.16. The second kappa shape index (κ2) is 9.45. The Morgan fingerprint density at radius 1 is 1.29 bits per heavy atom. The van der Waals surface area contributed by atoms with Gasteiger partial charge in [0.05, 0.1) is 26.5 Å².